The number of hydrogen-bond donors (Lipinski definition) is 0. The normalized spacial score (nSPS) is 22.4. The zero-order chi connectivity index (χ0) is 13.0. The quantitative estimate of drug-likeness (QED) is 0.709. The number of thioether (sulfide) groups is 1. The van der Waals surface area contributed by atoms with E-state index in [1.54, 1.807) is 13.8 Å². The number of hydrogen-bond acceptors (Lipinski definition) is 5. The summed E-state index contributed by atoms with van der Waals surface area (Å²) in [6.07, 6.45) is -0.932. The minimum absolute atomic E-state index is 0.0232. The highest BCUT2D eigenvalue weighted by Gasteiger charge is 2.28. The molecule has 0 aromatic carbocycles. The average Bonchev–Trinajstić information content (AvgIpc) is 2.22. The van der Waals surface area contributed by atoms with Crippen LogP contribution in [-0.2, 0) is 19.0 Å². The summed E-state index contributed by atoms with van der Waals surface area (Å²) in [5.41, 5.74) is 0. The molecule has 4 nitrogen and oxygen atoms in total. The van der Waals surface area contributed by atoms with Crippen molar-refractivity contribution in [3.63, 3.8) is 0 Å². The lowest BCUT2D eigenvalue weighted by atomic mass is 10.3. The Hall–Kier alpha value is -0.780. The van der Waals surface area contributed by atoms with E-state index < -0.39 is 6.29 Å². The summed E-state index contributed by atoms with van der Waals surface area (Å²) in [5.74, 6) is 0.550. The van der Waals surface area contributed by atoms with Crippen molar-refractivity contribution >= 4 is 17.5 Å². The van der Waals surface area contributed by atoms with E-state index in [2.05, 4.69) is 6.58 Å². The lowest BCUT2D eigenvalue weighted by molar-refractivity contribution is -0.208. The molecule has 2 atom stereocenters. The minimum Gasteiger partial charge on any atom is -0.463 e. The maximum atomic E-state index is 11.3. The first-order valence-electron chi connectivity index (χ1n) is 5.47. The molecule has 0 aromatic heterocycles. The molecule has 0 radical (unpaired) electrons. The van der Waals surface area contributed by atoms with E-state index in [9.17, 15) is 4.79 Å². The van der Waals surface area contributed by atoms with Gasteiger partial charge in [-0.3, -0.25) is 4.79 Å². The van der Waals surface area contributed by atoms with Crippen LogP contribution in [0, 0.1) is 0 Å². The summed E-state index contributed by atoms with van der Waals surface area (Å²) in [6, 6.07) is 0. The second-order valence-corrected chi connectivity index (χ2v) is 4.76. The van der Waals surface area contributed by atoms with Crippen molar-refractivity contribution in [2.45, 2.75) is 40.3 Å². The highest BCUT2D eigenvalue weighted by atomic mass is 32.2. The number of Topliss-reactive ketones (excluding diaryl/α,β-unsaturated/α-hetero) is 1. The maximum absolute atomic E-state index is 11.3. The molecular formula is C12H18O4S. The number of carbonyl (C=O) groups excluding carboxylic acids is 1. The second kappa shape index (κ2) is 6.23. The van der Waals surface area contributed by atoms with Gasteiger partial charge in [-0.05, 0) is 27.7 Å². The molecule has 2 unspecified atom stereocenters. The summed E-state index contributed by atoms with van der Waals surface area (Å²) < 4.78 is 16.3. The van der Waals surface area contributed by atoms with Crippen LogP contribution in [0.1, 0.15) is 27.7 Å². The molecule has 0 N–H and O–H groups in total. The third kappa shape index (κ3) is 3.87. The first-order chi connectivity index (χ1) is 7.95. The van der Waals surface area contributed by atoms with Gasteiger partial charge in [-0.15, -0.1) is 0 Å². The molecule has 96 valence electrons. The van der Waals surface area contributed by atoms with Crippen LogP contribution >= 0.6 is 11.8 Å². The zero-order valence-electron chi connectivity index (χ0n) is 10.6. The number of carbonyl (C=O) groups is 1. The van der Waals surface area contributed by atoms with E-state index in [1.165, 1.54) is 18.7 Å². The summed E-state index contributed by atoms with van der Waals surface area (Å²) >= 11 is 1.30. The zero-order valence-corrected chi connectivity index (χ0v) is 11.4. The molecule has 5 heteroatoms. The summed E-state index contributed by atoms with van der Waals surface area (Å²) in [7, 11) is 0. The van der Waals surface area contributed by atoms with Gasteiger partial charge in [-0.25, -0.2) is 0 Å². The van der Waals surface area contributed by atoms with Gasteiger partial charge in [0.2, 0.25) is 6.29 Å². The van der Waals surface area contributed by atoms with E-state index in [0.29, 0.717) is 22.2 Å². The molecule has 17 heavy (non-hydrogen) atoms. The summed E-state index contributed by atoms with van der Waals surface area (Å²) in [6.45, 7) is 11.4. The SMILES string of the molecule is C=C1SC(C(C)=O)=C(C)OC1OC(C)OCC. The van der Waals surface area contributed by atoms with Gasteiger partial charge in [0.25, 0.3) is 0 Å². The number of ketones is 1. The Labute approximate surface area is 106 Å². The molecule has 0 saturated heterocycles. The molecule has 0 spiro atoms. The Morgan fingerprint density at radius 3 is 2.82 bits per heavy atom. The fraction of sp³-hybridized carbons (Fsp3) is 0.583. The number of rotatable bonds is 5. The molecule has 1 aliphatic rings. The van der Waals surface area contributed by atoms with E-state index in [4.69, 9.17) is 14.2 Å². The van der Waals surface area contributed by atoms with Crippen molar-refractivity contribution in [2.75, 3.05) is 6.61 Å². The van der Waals surface area contributed by atoms with Gasteiger partial charge in [0, 0.05) is 6.61 Å². The van der Waals surface area contributed by atoms with Gasteiger partial charge in [0.1, 0.15) is 5.76 Å². The van der Waals surface area contributed by atoms with Crippen LogP contribution in [0.4, 0.5) is 0 Å². The summed E-state index contributed by atoms with van der Waals surface area (Å²) in [5, 5.41) is 0. The first-order valence-corrected chi connectivity index (χ1v) is 6.29. The predicted molar refractivity (Wildman–Crippen MR) is 67.2 cm³/mol. The second-order valence-electron chi connectivity index (χ2n) is 3.62. The molecule has 1 aliphatic heterocycles. The number of ether oxygens (including phenoxy) is 3. The highest BCUT2D eigenvalue weighted by molar-refractivity contribution is 8.07. The van der Waals surface area contributed by atoms with Gasteiger partial charge in [-0.1, -0.05) is 18.3 Å². The van der Waals surface area contributed by atoms with Crippen molar-refractivity contribution in [2.24, 2.45) is 0 Å². The van der Waals surface area contributed by atoms with Crippen molar-refractivity contribution in [1.29, 1.82) is 0 Å². The highest BCUT2D eigenvalue weighted by Crippen LogP contribution is 2.37. The van der Waals surface area contributed by atoms with Gasteiger partial charge in [-0.2, -0.15) is 0 Å². The van der Waals surface area contributed by atoms with Gasteiger partial charge < -0.3 is 14.2 Å². The minimum atomic E-state index is -0.565. The van der Waals surface area contributed by atoms with Crippen LogP contribution in [0.3, 0.4) is 0 Å². The average molecular weight is 258 g/mol. The third-order valence-corrected chi connectivity index (χ3v) is 3.37. The van der Waals surface area contributed by atoms with Crippen LogP contribution in [0.25, 0.3) is 0 Å². The Morgan fingerprint density at radius 1 is 1.65 bits per heavy atom. The monoisotopic (exact) mass is 258 g/mol. The fourth-order valence-electron chi connectivity index (χ4n) is 1.40. The molecule has 1 heterocycles. The molecule has 0 bridgehead atoms. The Bertz CT molecular complexity index is 348. The van der Waals surface area contributed by atoms with Crippen LogP contribution in [-0.4, -0.2) is 25.0 Å². The first kappa shape index (κ1) is 14.3. The lowest BCUT2D eigenvalue weighted by Gasteiger charge is -2.29. The fourth-order valence-corrected chi connectivity index (χ4v) is 2.20. The van der Waals surface area contributed by atoms with Crippen molar-refractivity contribution in [3.05, 3.63) is 22.1 Å². The van der Waals surface area contributed by atoms with Crippen LogP contribution in [0.2, 0.25) is 0 Å². The van der Waals surface area contributed by atoms with Gasteiger partial charge >= 0.3 is 0 Å². The Morgan fingerprint density at radius 2 is 2.29 bits per heavy atom. The van der Waals surface area contributed by atoms with E-state index >= 15 is 0 Å². The summed E-state index contributed by atoms with van der Waals surface area (Å²) in [4.78, 5) is 12.6. The molecule has 0 aliphatic carbocycles. The van der Waals surface area contributed by atoms with Crippen molar-refractivity contribution in [1.82, 2.24) is 0 Å². The van der Waals surface area contributed by atoms with Crippen LogP contribution in [0.5, 0.6) is 0 Å². The van der Waals surface area contributed by atoms with Crippen molar-refractivity contribution in [3.8, 4) is 0 Å². The smallest absolute Gasteiger partial charge is 0.234 e. The van der Waals surface area contributed by atoms with E-state index in [0.717, 1.165) is 0 Å². The van der Waals surface area contributed by atoms with Gasteiger partial charge in [0.15, 0.2) is 12.1 Å². The van der Waals surface area contributed by atoms with Crippen LogP contribution < -0.4 is 0 Å². The van der Waals surface area contributed by atoms with Crippen LogP contribution in [0.15, 0.2) is 22.1 Å². The predicted octanol–water partition coefficient (Wildman–Crippen LogP) is 2.81. The molecule has 0 saturated carbocycles. The molecule has 0 aromatic rings. The van der Waals surface area contributed by atoms with E-state index in [-0.39, 0.29) is 12.1 Å². The van der Waals surface area contributed by atoms with Gasteiger partial charge in [0.05, 0.1) is 9.81 Å². The standard InChI is InChI=1S/C12H18O4S/c1-6-14-10(5)16-12-9(4)17-11(7(2)13)8(3)15-12/h10,12H,4,6H2,1-3,5H3. The third-order valence-electron chi connectivity index (χ3n) is 2.14. The maximum Gasteiger partial charge on any atom is 0.234 e. The molecule has 1 rings (SSSR count). The Kier molecular flexibility index (Phi) is 5.24. The Balaban J connectivity index is 2.68. The molecule has 0 amide bonds. The largest absolute Gasteiger partial charge is 0.463 e. The lowest BCUT2D eigenvalue weighted by Crippen LogP contribution is -2.28. The van der Waals surface area contributed by atoms with Crippen molar-refractivity contribution < 1.29 is 19.0 Å². The van der Waals surface area contributed by atoms with E-state index in [1.807, 2.05) is 6.92 Å². The number of allylic oxidation sites excluding steroid dienone is 2. The topological polar surface area (TPSA) is 44.8 Å². The molecular weight excluding hydrogens is 240 g/mol. The molecule has 0 fully saturated rings.